The first-order valence-electron chi connectivity index (χ1n) is 7.14. The lowest BCUT2D eigenvalue weighted by molar-refractivity contribution is 0.578. The molecule has 0 amide bonds. The van der Waals surface area contributed by atoms with Crippen LogP contribution in [0.15, 0.2) is 5.51 Å². The monoisotopic (exact) mass is 292 g/mol. The summed E-state index contributed by atoms with van der Waals surface area (Å²) in [4.78, 5) is 5.66. The van der Waals surface area contributed by atoms with Gasteiger partial charge in [0, 0.05) is 41.7 Å². The molecule has 5 heteroatoms. The zero-order valence-corrected chi connectivity index (χ0v) is 13.8. The Morgan fingerprint density at radius 3 is 2.60 bits per heavy atom. The van der Waals surface area contributed by atoms with Gasteiger partial charge in [0.1, 0.15) is 0 Å². The van der Waals surface area contributed by atoms with Crippen LogP contribution in [0.1, 0.15) is 41.4 Å². The molecule has 4 nitrogen and oxygen atoms in total. The quantitative estimate of drug-likeness (QED) is 0.890. The fourth-order valence-corrected chi connectivity index (χ4v) is 3.06. The SMILES string of the molecule is Cc1ncsc1CCn1nc(C)c(CNC(C)C)c1C. The van der Waals surface area contributed by atoms with Crippen LogP contribution in [-0.2, 0) is 19.5 Å². The average molecular weight is 292 g/mol. The second-order valence-electron chi connectivity index (χ2n) is 5.52. The minimum Gasteiger partial charge on any atom is -0.310 e. The van der Waals surface area contributed by atoms with Crippen molar-refractivity contribution in [3.8, 4) is 0 Å². The highest BCUT2D eigenvalue weighted by Gasteiger charge is 2.12. The van der Waals surface area contributed by atoms with E-state index in [9.17, 15) is 0 Å². The normalized spacial score (nSPS) is 11.5. The van der Waals surface area contributed by atoms with Gasteiger partial charge >= 0.3 is 0 Å². The van der Waals surface area contributed by atoms with E-state index in [0.29, 0.717) is 6.04 Å². The van der Waals surface area contributed by atoms with E-state index in [1.807, 2.05) is 5.51 Å². The number of aryl methyl sites for hydroxylation is 4. The minimum absolute atomic E-state index is 0.497. The van der Waals surface area contributed by atoms with Crippen molar-refractivity contribution < 1.29 is 0 Å². The maximum atomic E-state index is 4.68. The van der Waals surface area contributed by atoms with Crippen molar-refractivity contribution in [2.75, 3.05) is 0 Å². The van der Waals surface area contributed by atoms with Gasteiger partial charge in [-0.2, -0.15) is 5.10 Å². The van der Waals surface area contributed by atoms with Crippen LogP contribution in [0.3, 0.4) is 0 Å². The summed E-state index contributed by atoms with van der Waals surface area (Å²) < 4.78 is 2.13. The van der Waals surface area contributed by atoms with Crippen LogP contribution >= 0.6 is 11.3 Å². The van der Waals surface area contributed by atoms with Crippen molar-refractivity contribution in [3.05, 3.63) is 33.0 Å². The second-order valence-corrected chi connectivity index (χ2v) is 6.46. The van der Waals surface area contributed by atoms with Gasteiger partial charge in [-0.25, -0.2) is 4.98 Å². The molecule has 20 heavy (non-hydrogen) atoms. The molecule has 2 aromatic heterocycles. The lowest BCUT2D eigenvalue weighted by Crippen LogP contribution is -2.22. The number of nitrogens with zero attached hydrogens (tertiary/aromatic N) is 3. The van der Waals surface area contributed by atoms with Crippen LogP contribution in [0.5, 0.6) is 0 Å². The summed E-state index contributed by atoms with van der Waals surface area (Å²) in [6.07, 6.45) is 1.01. The maximum absolute atomic E-state index is 4.68. The molecule has 110 valence electrons. The third-order valence-electron chi connectivity index (χ3n) is 3.61. The average Bonchev–Trinajstić information content (AvgIpc) is 2.90. The van der Waals surface area contributed by atoms with E-state index in [0.717, 1.165) is 30.9 Å². The summed E-state index contributed by atoms with van der Waals surface area (Å²) >= 11 is 1.74. The number of hydrogen-bond donors (Lipinski definition) is 1. The van der Waals surface area contributed by atoms with E-state index in [-0.39, 0.29) is 0 Å². The Morgan fingerprint density at radius 1 is 1.25 bits per heavy atom. The van der Waals surface area contributed by atoms with E-state index in [1.54, 1.807) is 11.3 Å². The summed E-state index contributed by atoms with van der Waals surface area (Å²) in [5.74, 6) is 0. The molecule has 0 aliphatic carbocycles. The van der Waals surface area contributed by atoms with Crippen LogP contribution in [0.25, 0.3) is 0 Å². The molecule has 0 atom stereocenters. The van der Waals surface area contributed by atoms with Crippen molar-refractivity contribution in [2.24, 2.45) is 0 Å². The van der Waals surface area contributed by atoms with Gasteiger partial charge in [0.2, 0.25) is 0 Å². The zero-order valence-electron chi connectivity index (χ0n) is 13.0. The summed E-state index contributed by atoms with van der Waals surface area (Å²) in [5, 5.41) is 8.15. The molecule has 0 spiro atoms. The second kappa shape index (κ2) is 6.50. The van der Waals surface area contributed by atoms with Gasteiger partial charge in [-0.1, -0.05) is 13.8 Å². The lowest BCUT2D eigenvalue weighted by Gasteiger charge is -2.09. The summed E-state index contributed by atoms with van der Waals surface area (Å²) in [6.45, 7) is 12.5. The van der Waals surface area contributed by atoms with Gasteiger partial charge in [0.25, 0.3) is 0 Å². The van der Waals surface area contributed by atoms with Gasteiger partial charge in [-0.05, 0) is 20.8 Å². The number of nitrogens with one attached hydrogen (secondary N) is 1. The Balaban J connectivity index is 2.05. The number of aromatic nitrogens is 3. The van der Waals surface area contributed by atoms with E-state index < -0.39 is 0 Å². The molecule has 2 aromatic rings. The minimum atomic E-state index is 0.497. The van der Waals surface area contributed by atoms with Gasteiger partial charge in [0.15, 0.2) is 0 Å². The van der Waals surface area contributed by atoms with Crippen LogP contribution in [0, 0.1) is 20.8 Å². The van der Waals surface area contributed by atoms with E-state index >= 15 is 0 Å². The largest absolute Gasteiger partial charge is 0.310 e. The molecule has 2 heterocycles. The van der Waals surface area contributed by atoms with Crippen molar-refractivity contribution >= 4 is 11.3 Å². The summed E-state index contributed by atoms with van der Waals surface area (Å²) in [7, 11) is 0. The molecule has 0 fully saturated rings. The topological polar surface area (TPSA) is 42.7 Å². The molecule has 0 bridgehead atoms. The molecule has 0 aromatic carbocycles. The van der Waals surface area contributed by atoms with Crippen LogP contribution in [0.4, 0.5) is 0 Å². The zero-order chi connectivity index (χ0) is 14.7. The highest BCUT2D eigenvalue weighted by Crippen LogP contribution is 2.17. The highest BCUT2D eigenvalue weighted by atomic mass is 32.1. The number of thiazole rings is 1. The molecule has 2 rings (SSSR count). The molecule has 0 aliphatic rings. The van der Waals surface area contributed by atoms with Crippen LogP contribution in [-0.4, -0.2) is 20.8 Å². The van der Waals surface area contributed by atoms with E-state index in [4.69, 9.17) is 0 Å². The molecular formula is C15H24N4S. The first-order valence-corrected chi connectivity index (χ1v) is 8.02. The Morgan fingerprint density at radius 2 is 2.00 bits per heavy atom. The predicted molar refractivity (Wildman–Crippen MR) is 84.2 cm³/mol. The van der Waals surface area contributed by atoms with Crippen molar-refractivity contribution in [1.29, 1.82) is 0 Å². The third-order valence-corrected chi connectivity index (χ3v) is 4.61. The van der Waals surface area contributed by atoms with Gasteiger partial charge < -0.3 is 5.32 Å². The van der Waals surface area contributed by atoms with Gasteiger partial charge in [-0.15, -0.1) is 11.3 Å². The first kappa shape index (κ1) is 15.2. The third kappa shape index (κ3) is 3.46. The van der Waals surface area contributed by atoms with Gasteiger partial charge in [0.05, 0.1) is 16.9 Å². The van der Waals surface area contributed by atoms with Crippen molar-refractivity contribution in [3.63, 3.8) is 0 Å². The molecule has 0 aliphatic heterocycles. The molecular weight excluding hydrogens is 268 g/mol. The number of hydrogen-bond acceptors (Lipinski definition) is 4. The molecule has 0 radical (unpaired) electrons. The predicted octanol–water partition coefficient (Wildman–Crippen LogP) is 3.01. The molecule has 0 saturated heterocycles. The van der Waals surface area contributed by atoms with Crippen LogP contribution < -0.4 is 5.32 Å². The number of rotatable bonds is 6. The maximum Gasteiger partial charge on any atom is 0.0797 e. The molecule has 0 saturated carbocycles. The lowest BCUT2D eigenvalue weighted by atomic mass is 10.2. The Labute approximate surface area is 125 Å². The van der Waals surface area contributed by atoms with Crippen molar-refractivity contribution in [2.45, 2.75) is 60.2 Å². The fraction of sp³-hybridized carbons (Fsp3) is 0.600. The molecule has 1 N–H and O–H groups in total. The Bertz CT molecular complexity index is 568. The first-order chi connectivity index (χ1) is 9.49. The Hall–Kier alpha value is -1.20. The standard InChI is InChI=1S/C15H24N4S/c1-10(2)16-8-14-11(3)18-19(13(14)5)7-6-15-12(4)17-9-20-15/h9-10,16H,6-8H2,1-5H3. The Kier molecular flexibility index (Phi) is 4.94. The summed E-state index contributed by atoms with van der Waals surface area (Å²) in [6, 6.07) is 0.497. The van der Waals surface area contributed by atoms with Crippen LogP contribution in [0.2, 0.25) is 0 Å². The van der Waals surface area contributed by atoms with E-state index in [2.05, 4.69) is 54.7 Å². The molecule has 0 unspecified atom stereocenters. The van der Waals surface area contributed by atoms with Crippen molar-refractivity contribution in [1.82, 2.24) is 20.1 Å². The smallest absolute Gasteiger partial charge is 0.0797 e. The highest BCUT2D eigenvalue weighted by molar-refractivity contribution is 7.09. The van der Waals surface area contributed by atoms with Gasteiger partial charge in [-0.3, -0.25) is 4.68 Å². The fourth-order valence-electron chi connectivity index (χ4n) is 2.29. The summed E-state index contributed by atoms with van der Waals surface area (Å²) in [5.41, 5.74) is 6.82. The van der Waals surface area contributed by atoms with E-state index in [1.165, 1.54) is 16.1 Å².